The molecule has 116 valence electrons. The Kier molecular flexibility index (Phi) is 3.46. The number of hydrogen-bond acceptors (Lipinski definition) is 3. The van der Waals surface area contributed by atoms with Gasteiger partial charge in [-0.25, -0.2) is 4.39 Å². The lowest BCUT2D eigenvalue weighted by atomic mass is 9.76. The fourth-order valence-corrected chi connectivity index (χ4v) is 2.63. The van der Waals surface area contributed by atoms with E-state index in [0.29, 0.717) is 0 Å². The van der Waals surface area contributed by atoms with Gasteiger partial charge in [0.2, 0.25) is 0 Å². The molecule has 1 aliphatic rings. The molecule has 0 atom stereocenters. The van der Waals surface area contributed by atoms with Gasteiger partial charge in [-0.3, -0.25) is 0 Å². The van der Waals surface area contributed by atoms with E-state index in [1.807, 2.05) is 45.9 Å². The Balaban J connectivity index is 2.12. The average Bonchev–Trinajstić information content (AvgIpc) is 2.65. The van der Waals surface area contributed by atoms with E-state index in [1.54, 1.807) is 6.07 Å². The maximum Gasteiger partial charge on any atom is 0.495 e. The molecule has 0 radical (unpaired) electrons. The number of methoxy groups -OCH3 is 1. The molecule has 1 aliphatic heterocycles. The summed E-state index contributed by atoms with van der Waals surface area (Å²) in [7, 11) is 0.977. The van der Waals surface area contributed by atoms with E-state index >= 15 is 0 Å². The fourth-order valence-electron chi connectivity index (χ4n) is 2.63. The zero-order chi connectivity index (χ0) is 16.1. The normalized spacial score (nSPS) is 19.6. The molecule has 3 rings (SSSR count). The Morgan fingerprint density at radius 3 is 2.27 bits per heavy atom. The number of ether oxygens (including phenoxy) is 1. The minimum Gasteiger partial charge on any atom is -0.494 e. The summed E-state index contributed by atoms with van der Waals surface area (Å²) in [6.45, 7) is 8.05. The molecule has 0 aromatic heterocycles. The van der Waals surface area contributed by atoms with Crippen molar-refractivity contribution in [2.45, 2.75) is 38.9 Å². The zero-order valence-corrected chi connectivity index (χ0v) is 13.6. The highest BCUT2D eigenvalue weighted by atomic mass is 19.1. The summed E-state index contributed by atoms with van der Waals surface area (Å²) in [5.41, 5.74) is 0.0583. The molecule has 3 nitrogen and oxygen atoms in total. The molecule has 1 heterocycles. The first-order chi connectivity index (χ1) is 10.2. The van der Waals surface area contributed by atoms with Crippen molar-refractivity contribution in [3.8, 4) is 5.75 Å². The van der Waals surface area contributed by atoms with E-state index in [-0.39, 0.29) is 11.6 Å². The topological polar surface area (TPSA) is 27.7 Å². The summed E-state index contributed by atoms with van der Waals surface area (Å²) in [5.74, 6) is -0.155. The summed E-state index contributed by atoms with van der Waals surface area (Å²) in [6, 6.07) is 8.87. The van der Waals surface area contributed by atoms with Gasteiger partial charge in [-0.15, -0.1) is 0 Å². The standard InChI is InChI=1S/C17H20BFO3/c1-16(2)17(3,4)22-18(21-16)13-8-6-7-11-9-14(19)15(20-5)10-12(11)13/h6-10H,1-5H3. The van der Waals surface area contributed by atoms with Crippen molar-refractivity contribution in [3.05, 3.63) is 36.1 Å². The number of benzene rings is 2. The molecular formula is C17H20BFO3. The van der Waals surface area contributed by atoms with Gasteiger partial charge in [-0.1, -0.05) is 18.2 Å². The lowest BCUT2D eigenvalue weighted by molar-refractivity contribution is 0.00578. The zero-order valence-electron chi connectivity index (χ0n) is 13.6. The van der Waals surface area contributed by atoms with Gasteiger partial charge in [0.1, 0.15) is 0 Å². The van der Waals surface area contributed by atoms with Gasteiger partial charge < -0.3 is 14.0 Å². The van der Waals surface area contributed by atoms with Crippen LogP contribution in [0.3, 0.4) is 0 Å². The minimum absolute atomic E-state index is 0.219. The van der Waals surface area contributed by atoms with Crippen LogP contribution in [0.25, 0.3) is 10.8 Å². The third kappa shape index (κ3) is 2.29. The van der Waals surface area contributed by atoms with E-state index in [0.717, 1.165) is 16.2 Å². The van der Waals surface area contributed by atoms with Gasteiger partial charge in [0.25, 0.3) is 0 Å². The Morgan fingerprint density at radius 1 is 1.05 bits per heavy atom. The number of fused-ring (bicyclic) bond motifs is 1. The fraction of sp³-hybridized carbons (Fsp3) is 0.412. The first kappa shape index (κ1) is 15.3. The third-order valence-electron chi connectivity index (χ3n) is 4.69. The van der Waals surface area contributed by atoms with Crippen molar-refractivity contribution in [1.29, 1.82) is 0 Å². The molecule has 2 aromatic rings. The van der Waals surface area contributed by atoms with Gasteiger partial charge in [0.15, 0.2) is 11.6 Å². The molecule has 5 heteroatoms. The molecule has 0 saturated carbocycles. The molecule has 2 aromatic carbocycles. The van der Waals surface area contributed by atoms with Crippen LogP contribution < -0.4 is 10.2 Å². The second-order valence-electron chi connectivity index (χ2n) is 6.64. The van der Waals surface area contributed by atoms with Crippen LogP contribution in [0.2, 0.25) is 0 Å². The van der Waals surface area contributed by atoms with Crippen LogP contribution in [0.15, 0.2) is 30.3 Å². The largest absolute Gasteiger partial charge is 0.495 e. The van der Waals surface area contributed by atoms with Crippen LogP contribution in [0, 0.1) is 5.82 Å². The summed E-state index contributed by atoms with van der Waals surface area (Å²) < 4.78 is 31.2. The van der Waals surface area contributed by atoms with Crippen molar-refractivity contribution in [2.75, 3.05) is 7.11 Å². The van der Waals surface area contributed by atoms with Crippen molar-refractivity contribution >= 4 is 23.4 Å². The summed E-state index contributed by atoms with van der Waals surface area (Å²) in [6.07, 6.45) is 0. The molecular weight excluding hydrogens is 282 g/mol. The Bertz CT molecular complexity index is 711. The molecule has 22 heavy (non-hydrogen) atoms. The maximum atomic E-state index is 13.9. The molecule has 0 unspecified atom stereocenters. The summed E-state index contributed by atoms with van der Waals surface area (Å²) in [5, 5.41) is 1.67. The molecule has 0 aliphatic carbocycles. The molecule has 0 amide bonds. The van der Waals surface area contributed by atoms with Crippen molar-refractivity contribution in [2.24, 2.45) is 0 Å². The van der Waals surface area contributed by atoms with Gasteiger partial charge in [0.05, 0.1) is 18.3 Å². The van der Waals surface area contributed by atoms with Gasteiger partial charge >= 0.3 is 7.12 Å². The lowest BCUT2D eigenvalue weighted by Crippen LogP contribution is -2.41. The second kappa shape index (κ2) is 4.96. The highest BCUT2D eigenvalue weighted by Crippen LogP contribution is 2.37. The Labute approximate surface area is 130 Å². The molecule has 1 fully saturated rings. The molecule has 0 bridgehead atoms. The van der Waals surface area contributed by atoms with E-state index in [4.69, 9.17) is 14.0 Å². The van der Waals surface area contributed by atoms with Crippen molar-refractivity contribution in [3.63, 3.8) is 0 Å². The van der Waals surface area contributed by atoms with E-state index in [2.05, 4.69) is 0 Å². The quantitative estimate of drug-likeness (QED) is 0.797. The maximum absolute atomic E-state index is 13.9. The van der Waals surface area contributed by atoms with Gasteiger partial charge in [0, 0.05) is 0 Å². The van der Waals surface area contributed by atoms with E-state index in [9.17, 15) is 4.39 Å². The Morgan fingerprint density at radius 2 is 1.68 bits per heavy atom. The van der Waals surface area contributed by atoms with Crippen LogP contribution in [0.4, 0.5) is 4.39 Å². The van der Waals surface area contributed by atoms with E-state index < -0.39 is 18.3 Å². The highest BCUT2D eigenvalue weighted by Gasteiger charge is 2.52. The minimum atomic E-state index is -0.483. The first-order valence-electron chi connectivity index (χ1n) is 7.37. The van der Waals surface area contributed by atoms with Crippen LogP contribution in [0.1, 0.15) is 27.7 Å². The molecule has 0 N–H and O–H groups in total. The predicted molar refractivity (Wildman–Crippen MR) is 86.2 cm³/mol. The van der Waals surface area contributed by atoms with Crippen molar-refractivity contribution < 1.29 is 18.4 Å². The van der Waals surface area contributed by atoms with E-state index in [1.165, 1.54) is 13.2 Å². The van der Waals surface area contributed by atoms with Crippen LogP contribution in [-0.4, -0.2) is 25.4 Å². The Hall–Kier alpha value is -1.59. The van der Waals surface area contributed by atoms with Crippen LogP contribution in [-0.2, 0) is 9.31 Å². The SMILES string of the molecule is COc1cc2c(B3OC(C)(C)C(C)(C)O3)cccc2cc1F. The first-order valence-corrected chi connectivity index (χ1v) is 7.37. The number of hydrogen-bond donors (Lipinski definition) is 0. The second-order valence-corrected chi connectivity index (χ2v) is 6.64. The van der Waals surface area contributed by atoms with Gasteiger partial charge in [-0.05, 0) is 56.1 Å². The average molecular weight is 302 g/mol. The third-order valence-corrected chi connectivity index (χ3v) is 4.69. The van der Waals surface area contributed by atoms with Gasteiger partial charge in [-0.2, -0.15) is 0 Å². The highest BCUT2D eigenvalue weighted by molar-refractivity contribution is 6.65. The van der Waals surface area contributed by atoms with Crippen LogP contribution in [0.5, 0.6) is 5.75 Å². The smallest absolute Gasteiger partial charge is 0.494 e. The monoisotopic (exact) mass is 302 g/mol. The lowest BCUT2D eigenvalue weighted by Gasteiger charge is -2.32. The summed E-state index contributed by atoms with van der Waals surface area (Å²) >= 11 is 0. The van der Waals surface area contributed by atoms with Crippen LogP contribution >= 0.6 is 0 Å². The molecule has 1 saturated heterocycles. The number of rotatable bonds is 2. The molecule has 0 spiro atoms. The van der Waals surface area contributed by atoms with Crippen molar-refractivity contribution in [1.82, 2.24) is 0 Å². The number of halogens is 1. The predicted octanol–water partition coefficient (Wildman–Crippen LogP) is 3.29. The summed E-state index contributed by atoms with van der Waals surface area (Å²) in [4.78, 5) is 0.